The quantitative estimate of drug-likeness (QED) is 0.599. The van der Waals surface area contributed by atoms with E-state index in [2.05, 4.69) is 20.4 Å². The fraction of sp³-hybridized carbons (Fsp3) is 0.111. The molecule has 0 radical (unpaired) electrons. The first-order valence-electron chi connectivity index (χ1n) is 7.91. The second-order valence-electron chi connectivity index (χ2n) is 5.74. The number of halogens is 1. The molecule has 8 heteroatoms. The number of anilines is 1. The smallest absolute Gasteiger partial charge is 0.230 e. The highest BCUT2D eigenvalue weighted by Crippen LogP contribution is 2.30. The summed E-state index contributed by atoms with van der Waals surface area (Å²) >= 11 is 1.44. The molecule has 0 aliphatic carbocycles. The van der Waals surface area contributed by atoms with Crippen molar-refractivity contribution in [1.82, 2.24) is 19.6 Å². The molecule has 0 atom stereocenters. The number of nitrogens with zero attached hydrogens (tertiary/aromatic N) is 4. The van der Waals surface area contributed by atoms with Crippen LogP contribution in [-0.4, -0.2) is 25.5 Å². The Hall–Kier alpha value is -3.13. The van der Waals surface area contributed by atoms with Crippen molar-refractivity contribution >= 4 is 28.7 Å². The van der Waals surface area contributed by atoms with Gasteiger partial charge in [0, 0.05) is 11.6 Å². The van der Waals surface area contributed by atoms with Crippen LogP contribution >= 0.6 is 11.3 Å². The van der Waals surface area contributed by atoms with Crippen molar-refractivity contribution in [2.24, 2.45) is 0 Å². The van der Waals surface area contributed by atoms with E-state index in [1.54, 1.807) is 22.8 Å². The van der Waals surface area contributed by atoms with Crippen LogP contribution in [0.4, 0.5) is 10.2 Å². The van der Waals surface area contributed by atoms with E-state index in [0.29, 0.717) is 22.2 Å². The first-order chi connectivity index (χ1) is 12.6. The number of hydrogen-bond acceptors (Lipinski definition) is 5. The normalized spacial score (nSPS) is 11.0. The van der Waals surface area contributed by atoms with Crippen molar-refractivity contribution < 1.29 is 9.18 Å². The zero-order valence-electron chi connectivity index (χ0n) is 13.8. The second kappa shape index (κ2) is 6.64. The third-order valence-electron chi connectivity index (χ3n) is 3.78. The summed E-state index contributed by atoms with van der Waals surface area (Å²) in [5.41, 5.74) is 2.82. The minimum Gasteiger partial charge on any atom is -0.308 e. The number of aromatic nitrogens is 4. The van der Waals surface area contributed by atoms with Gasteiger partial charge in [-0.1, -0.05) is 12.1 Å². The molecular formula is C18H14FN5OS. The van der Waals surface area contributed by atoms with E-state index in [1.165, 1.54) is 23.5 Å². The van der Waals surface area contributed by atoms with Crippen molar-refractivity contribution in [2.45, 2.75) is 13.3 Å². The van der Waals surface area contributed by atoms with Crippen LogP contribution in [-0.2, 0) is 11.2 Å². The minimum absolute atomic E-state index is 0.123. The predicted octanol–water partition coefficient (Wildman–Crippen LogP) is 3.48. The molecule has 0 fully saturated rings. The Labute approximate surface area is 152 Å². The molecule has 6 nitrogen and oxygen atoms in total. The molecule has 1 aromatic carbocycles. The predicted molar refractivity (Wildman–Crippen MR) is 97.6 cm³/mol. The summed E-state index contributed by atoms with van der Waals surface area (Å²) in [4.78, 5) is 21.2. The maximum absolute atomic E-state index is 13.0. The van der Waals surface area contributed by atoms with Gasteiger partial charge in [-0.15, -0.1) is 11.3 Å². The minimum atomic E-state index is -0.331. The molecule has 1 N–H and O–H groups in total. The topological polar surface area (TPSA) is 72.2 Å². The average molecular weight is 367 g/mol. The van der Waals surface area contributed by atoms with Gasteiger partial charge in [-0.2, -0.15) is 5.10 Å². The summed E-state index contributed by atoms with van der Waals surface area (Å²) in [7, 11) is 0. The van der Waals surface area contributed by atoms with Crippen LogP contribution < -0.4 is 5.32 Å². The number of fused-ring (bicyclic) bond motifs is 1. The van der Waals surface area contributed by atoms with Gasteiger partial charge in [-0.05, 0) is 36.8 Å². The number of benzene rings is 1. The lowest BCUT2D eigenvalue weighted by Crippen LogP contribution is -2.15. The monoisotopic (exact) mass is 367 g/mol. The van der Waals surface area contributed by atoms with Gasteiger partial charge >= 0.3 is 0 Å². The first-order valence-corrected chi connectivity index (χ1v) is 8.78. The Kier molecular flexibility index (Phi) is 4.18. The van der Waals surface area contributed by atoms with Crippen LogP contribution in [0.2, 0.25) is 0 Å². The number of carbonyl (C=O) groups excluding carboxylic acids is 1. The molecule has 0 aliphatic heterocycles. The lowest BCUT2D eigenvalue weighted by molar-refractivity contribution is -0.115. The van der Waals surface area contributed by atoms with Gasteiger partial charge in [0.1, 0.15) is 16.5 Å². The zero-order chi connectivity index (χ0) is 18.1. The number of carbonyl (C=O) groups is 1. The van der Waals surface area contributed by atoms with Gasteiger partial charge in [0.15, 0.2) is 11.5 Å². The number of thiazole rings is 1. The number of imidazole rings is 1. The van der Waals surface area contributed by atoms with Gasteiger partial charge in [0.05, 0.1) is 12.1 Å². The van der Waals surface area contributed by atoms with Crippen LogP contribution in [0.5, 0.6) is 0 Å². The summed E-state index contributed by atoms with van der Waals surface area (Å²) in [5, 5.41) is 9.89. The van der Waals surface area contributed by atoms with Gasteiger partial charge in [0.2, 0.25) is 5.91 Å². The molecule has 4 aromatic rings. The molecule has 0 saturated carbocycles. The molecule has 0 aliphatic rings. The number of amides is 1. The number of hydrogen-bond donors (Lipinski definition) is 1. The summed E-state index contributed by atoms with van der Waals surface area (Å²) in [6, 6.07) is 9.55. The number of rotatable bonds is 4. The van der Waals surface area contributed by atoms with Crippen molar-refractivity contribution in [3.63, 3.8) is 0 Å². The van der Waals surface area contributed by atoms with E-state index in [1.807, 2.05) is 24.4 Å². The highest BCUT2D eigenvalue weighted by atomic mass is 32.1. The third kappa shape index (κ3) is 3.18. The Morgan fingerprint density at radius 2 is 2.04 bits per heavy atom. The van der Waals surface area contributed by atoms with Crippen molar-refractivity contribution in [1.29, 1.82) is 0 Å². The van der Waals surface area contributed by atoms with E-state index >= 15 is 0 Å². The van der Waals surface area contributed by atoms with Crippen LogP contribution in [0.25, 0.3) is 16.3 Å². The average Bonchev–Trinajstić information content (AvgIpc) is 3.24. The first kappa shape index (κ1) is 16.3. The molecule has 3 aromatic heterocycles. The molecule has 0 saturated heterocycles. The lowest BCUT2D eigenvalue weighted by Gasteiger charge is -2.05. The van der Waals surface area contributed by atoms with Crippen LogP contribution in [0.1, 0.15) is 11.3 Å². The molecule has 1 amide bonds. The fourth-order valence-corrected chi connectivity index (χ4v) is 3.28. The van der Waals surface area contributed by atoms with Crippen LogP contribution in [0.3, 0.4) is 0 Å². The van der Waals surface area contributed by atoms with Gasteiger partial charge in [-0.3, -0.25) is 4.79 Å². The van der Waals surface area contributed by atoms with Crippen molar-refractivity contribution in [2.75, 3.05) is 5.32 Å². The van der Waals surface area contributed by atoms with Crippen LogP contribution in [0, 0.1) is 12.7 Å². The summed E-state index contributed by atoms with van der Waals surface area (Å²) < 4.78 is 14.7. The second-order valence-corrected chi connectivity index (χ2v) is 6.64. The summed E-state index contributed by atoms with van der Waals surface area (Å²) in [6.07, 6.45) is 1.82. The maximum atomic E-state index is 13.0. The number of aryl methyl sites for hydroxylation is 1. The molecule has 0 unspecified atom stereocenters. The Bertz CT molecular complexity index is 1070. The van der Waals surface area contributed by atoms with E-state index in [-0.39, 0.29) is 18.1 Å². The molecular weight excluding hydrogens is 353 g/mol. The maximum Gasteiger partial charge on any atom is 0.230 e. The van der Waals surface area contributed by atoms with E-state index in [0.717, 1.165) is 11.3 Å². The van der Waals surface area contributed by atoms with E-state index in [9.17, 15) is 9.18 Å². The molecule has 130 valence electrons. The Morgan fingerprint density at radius 1 is 1.23 bits per heavy atom. The van der Waals surface area contributed by atoms with Gasteiger partial charge < -0.3 is 5.32 Å². The Morgan fingerprint density at radius 3 is 2.77 bits per heavy atom. The SMILES string of the molecule is Cc1ccc2nc(NC(=O)Cc3ccc(F)cc3)c(-c3nccs3)n2n1. The highest BCUT2D eigenvalue weighted by molar-refractivity contribution is 7.13. The summed E-state index contributed by atoms with van der Waals surface area (Å²) in [5.74, 6) is -0.165. The molecule has 3 heterocycles. The van der Waals surface area contributed by atoms with E-state index < -0.39 is 0 Å². The molecule has 26 heavy (non-hydrogen) atoms. The number of nitrogens with one attached hydrogen (secondary N) is 1. The van der Waals surface area contributed by atoms with Gasteiger partial charge in [0.25, 0.3) is 0 Å². The van der Waals surface area contributed by atoms with Gasteiger partial charge in [-0.25, -0.2) is 18.9 Å². The standard InChI is InChI=1S/C18H14FN5OS/c1-11-2-7-14-21-17(16(24(14)23-11)18-20-8-9-26-18)22-15(25)10-12-3-5-13(19)6-4-12/h2-9H,10H2,1H3,(H,22,25). The zero-order valence-corrected chi connectivity index (χ0v) is 14.6. The highest BCUT2D eigenvalue weighted by Gasteiger charge is 2.19. The largest absolute Gasteiger partial charge is 0.308 e. The molecule has 0 spiro atoms. The third-order valence-corrected chi connectivity index (χ3v) is 4.56. The van der Waals surface area contributed by atoms with E-state index in [4.69, 9.17) is 0 Å². The fourth-order valence-electron chi connectivity index (χ4n) is 2.61. The van der Waals surface area contributed by atoms with Crippen LogP contribution in [0.15, 0.2) is 48.0 Å². The molecule has 4 rings (SSSR count). The van der Waals surface area contributed by atoms with Crippen molar-refractivity contribution in [3.8, 4) is 10.7 Å². The molecule has 0 bridgehead atoms. The van der Waals surface area contributed by atoms with Crippen molar-refractivity contribution in [3.05, 3.63) is 65.0 Å². The Balaban J connectivity index is 1.68. The lowest BCUT2D eigenvalue weighted by atomic mass is 10.1. The summed E-state index contributed by atoms with van der Waals surface area (Å²) in [6.45, 7) is 1.89.